The van der Waals surface area contributed by atoms with Crippen molar-refractivity contribution in [1.29, 1.82) is 0 Å². The Kier molecular flexibility index (Phi) is 4.16. The molecule has 2 N–H and O–H groups in total. The van der Waals surface area contributed by atoms with Crippen molar-refractivity contribution in [2.75, 3.05) is 19.6 Å². The van der Waals surface area contributed by atoms with Crippen LogP contribution < -0.4 is 5.32 Å². The van der Waals surface area contributed by atoms with Crippen LogP contribution in [0.2, 0.25) is 0 Å². The second-order valence-corrected chi connectivity index (χ2v) is 6.02. The van der Waals surface area contributed by atoms with Crippen LogP contribution in [0.1, 0.15) is 24.8 Å². The lowest BCUT2D eigenvalue weighted by Crippen LogP contribution is -2.38. The van der Waals surface area contributed by atoms with Crippen molar-refractivity contribution in [3.63, 3.8) is 0 Å². The third-order valence-corrected chi connectivity index (χ3v) is 4.30. The van der Waals surface area contributed by atoms with Gasteiger partial charge in [0.15, 0.2) is 0 Å². The first-order chi connectivity index (χ1) is 9.31. The second-order valence-electron chi connectivity index (χ2n) is 6.02. The van der Waals surface area contributed by atoms with E-state index < -0.39 is 0 Å². The second kappa shape index (κ2) is 6.04. The van der Waals surface area contributed by atoms with E-state index >= 15 is 0 Å². The third-order valence-electron chi connectivity index (χ3n) is 4.30. The molecule has 19 heavy (non-hydrogen) atoms. The Bertz CT molecular complexity index is 391. The number of hydrogen-bond acceptors (Lipinski definition) is 3. The lowest BCUT2D eigenvalue weighted by atomic mass is 10.2. The topological polar surface area (TPSA) is 35.5 Å². The van der Waals surface area contributed by atoms with Gasteiger partial charge >= 0.3 is 0 Å². The maximum atomic E-state index is 9.87. The summed E-state index contributed by atoms with van der Waals surface area (Å²) in [5, 5.41) is 13.4. The molecule has 2 unspecified atom stereocenters. The zero-order chi connectivity index (χ0) is 13.1. The minimum atomic E-state index is -0.122. The fourth-order valence-electron chi connectivity index (χ4n) is 2.92. The van der Waals surface area contributed by atoms with Crippen LogP contribution in [-0.2, 0) is 6.54 Å². The average Bonchev–Trinajstić information content (AvgIpc) is 3.19. The van der Waals surface area contributed by atoms with Crippen LogP contribution in [0.5, 0.6) is 0 Å². The van der Waals surface area contributed by atoms with Crippen LogP contribution in [0.4, 0.5) is 0 Å². The fourth-order valence-corrected chi connectivity index (χ4v) is 2.92. The maximum absolute atomic E-state index is 9.87. The first-order valence-corrected chi connectivity index (χ1v) is 7.49. The molecule has 3 rings (SSSR count). The molecular weight excluding hydrogens is 236 g/mol. The highest BCUT2D eigenvalue weighted by Crippen LogP contribution is 2.32. The van der Waals surface area contributed by atoms with Gasteiger partial charge in [-0.05, 0) is 30.7 Å². The third kappa shape index (κ3) is 3.78. The van der Waals surface area contributed by atoms with Crippen LogP contribution in [0.25, 0.3) is 0 Å². The molecule has 0 spiro atoms. The number of benzene rings is 1. The smallest absolute Gasteiger partial charge is 0.0692 e. The van der Waals surface area contributed by atoms with E-state index in [0.29, 0.717) is 12.0 Å². The van der Waals surface area contributed by atoms with Crippen molar-refractivity contribution in [3.8, 4) is 0 Å². The summed E-state index contributed by atoms with van der Waals surface area (Å²) in [6, 6.07) is 11.2. The highest BCUT2D eigenvalue weighted by Gasteiger charge is 2.30. The van der Waals surface area contributed by atoms with Crippen LogP contribution >= 0.6 is 0 Å². The number of aliphatic hydroxyl groups is 1. The summed E-state index contributed by atoms with van der Waals surface area (Å²) in [5.41, 5.74) is 1.39. The van der Waals surface area contributed by atoms with Gasteiger partial charge in [-0.2, -0.15) is 0 Å². The quantitative estimate of drug-likeness (QED) is 0.816. The van der Waals surface area contributed by atoms with Crippen molar-refractivity contribution in [1.82, 2.24) is 10.2 Å². The Morgan fingerprint density at radius 2 is 2.00 bits per heavy atom. The zero-order valence-electron chi connectivity index (χ0n) is 11.5. The Morgan fingerprint density at radius 1 is 1.21 bits per heavy atom. The molecule has 1 aliphatic heterocycles. The molecule has 0 bridgehead atoms. The molecule has 2 fully saturated rings. The Balaban J connectivity index is 1.40. The van der Waals surface area contributed by atoms with Gasteiger partial charge in [0, 0.05) is 32.2 Å². The lowest BCUT2D eigenvalue weighted by Gasteiger charge is -2.18. The summed E-state index contributed by atoms with van der Waals surface area (Å²) in [6.07, 6.45) is 3.51. The molecular formula is C16H24N2O. The standard InChI is InChI=1S/C16H24N2O/c19-16(14-6-7-14)10-17-15-8-9-18(12-15)11-13-4-2-1-3-5-13/h1-5,14-17,19H,6-12H2. The average molecular weight is 260 g/mol. The van der Waals surface area contributed by atoms with E-state index in [4.69, 9.17) is 0 Å². The Hall–Kier alpha value is -0.900. The molecule has 1 aromatic carbocycles. The van der Waals surface area contributed by atoms with Crippen LogP contribution in [0, 0.1) is 5.92 Å². The predicted molar refractivity (Wildman–Crippen MR) is 76.9 cm³/mol. The van der Waals surface area contributed by atoms with Crippen molar-refractivity contribution in [2.24, 2.45) is 5.92 Å². The van der Waals surface area contributed by atoms with Gasteiger partial charge in [-0.3, -0.25) is 4.90 Å². The number of nitrogens with zero attached hydrogens (tertiary/aromatic N) is 1. The van der Waals surface area contributed by atoms with Crippen LogP contribution in [-0.4, -0.2) is 41.8 Å². The highest BCUT2D eigenvalue weighted by atomic mass is 16.3. The molecule has 1 aromatic rings. The monoisotopic (exact) mass is 260 g/mol. The molecule has 0 amide bonds. The molecule has 2 aliphatic rings. The summed E-state index contributed by atoms with van der Waals surface area (Å²) in [7, 11) is 0. The lowest BCUT2D eigenvalue weighted by molar-refractivity contribution is 0.144. The molecule has 1 saturated carbocycles. The number of hydrogen-bond donors (Lipinski definition) is 2. The molecule has 2 atom stereocenters. The number of aliphatic hydroxyl groups excluding tert-OH is 1. The SMILES string of the molecule is OC(CNC1CCN(Cc2ccccc2)C1)C1CC1. The highest BCUT2D eigenvalue weighted by molar-refractivity contribution is 5.14. The van der Waals surface area contributed by atoms with Crippen molar-refractivity contribution in [3.05, 3.63) is 35.9 Å². The molecule has 0 radical (unpaired) electrons. The van der Waals surface area contributed by atoms with Crippen molar-refractivity contribution >= 4 is 0 Å². The van der Waals surface area contributed by atoms with E-state index in [0.717, 1.165) is 26.2 Å². The molecule has 0 aromatic heterocycles. The summed E-state index contributed by atoms with van der Waals surface area (Å²) >= 11 is 0. The van der Waals surface area contributed by atoms with Crippen LogP contribution in [0.3, 0.4) is 0 Å². The fraction of sp³-hybridized carbons (Fsp3) is 0.625. The number of likely N-dealkylation sites (tertiary alicyclic amines) is 1. The van der Waals surface area contributed by atoms with Gasteiger partial charge in [0.2, 0.25) is 0 Å². The predicted octanol–water partition coefficient (Wildman–Crippen LogP) is 1.62. The number of nitrogens with one attached hydrogen (secondary N) is 1. The normalized spacial score (nSPS) is 25.6. The first-order valence-electron chi connectivity index (χ1n) is 7.49. The van der Waals surface area contributed by atoms with Gasteiger partial charge in [0.05, 0.1) is 6.10 Å². The molecule has 1 saturated heterocycles. The van der Waals surface area contributed by atoms with Gasteiger partial charge in [0.1, 0.15) is 0 Å². The molecule has 3 nitrogen and oxygen atoms in total. The van der Waals surface area contributed by atoms with E-state index in [1.807, 2.05) is 0 Å². The molecule has 1 aliphatic carbocycles. The molecule has 3 heteroatoms. The molecule has 104 valence electrons. The maximum Gasteiger partial charge on any atom is 0.0692 e. The van der Waals surface area contributed by atoms with Crippen molar-refractivity contribution < 1.29 is 5.11 Å². The van der Waals surface area contributed by atoms with Gasteiger partial charge < -0.3 is 10.4 Å². The van der Waals surface area contributed by atoms with Gasteiger partial charge in [-0.1, -0.05) is 30.3 Å². The summed E-state index contributed by atoms with van der Waals surface area (Å²) in [6.45, 7) is 4.08. The largest absolute Gasteiger partial charge is 0.392 e. The van der Waals surface area contributed by atoms with Gasteiger partial charge in [-0.15, -0.1) is 0 Å². The Labute approximate surface area is 115 Å². The summed E-state index contributed by atoms with van der Waals surface area (Å²) in [5.74, 6) is 0.578. The zero-order valence-corrected chi connectivity index (χ0v) is 11.5. The van der Waals surface area contributed by atoms with Gasteiger partial charge in [-0.25, -0.2) is 0 Å². The van der Waals surface area contributed by atoms with E-state index in [9.17, 15) is 5.11 Å². The first kappa shape index (κ1) is 13.1. The minimum Gasteiger partial charge on any atom is -0.392 e. The van der Waals surface area contributed by atoms with Gasteiger partial charge in [0.25, 0.3) is 0 Å². The summed E-state index contributed by atoms with van der Waals surface area (Å²) < 4.78 is 0. The minimum absolute atomic E-state index is 0.122. The Morgan fingerprint density at radius 3 is 2.74 bits per heavy atom. The van der Waals surface area contributed by atoms with E-state index in [1.54, 1.807) is 0 Å². The van der Waals surface area contributed by atoms with E-state index in [2.05, 4.69) is 40.5 Å². The van der Waals surface area contributed by atoms with E-state index in [1.165, 1.54) is 24.8 Å². The molecule has 1 heterocycles. The summed E-state index contributed by atoms with van der Waals surface area (Å²) in [4.78, 5) is 2.50. The number of rotatable bonds is 6. The van der Waals surface area contributed by atoms with E-state index in [-0.39, 0.29) is 6.10 Å². The van der Waals surface area contributed by atoms with Crippen molar-refractivity contribution in [2.45, 2.75) is 38.0 Å². The van der Waals surface area contributed by atoms with Crippen LogP contribution in [0.15, 0.2) is 30.3 Å².